The van der Waals surface area contributed by atoms with Crippen molar-refractivity contribution in [3.8, 4) is 17.2 Å². The first-order chi connectivity index (χ1) is 15.9. The minimum absolute atomic E-state index is 0.262. The van der Waals surface area contributed by atoms with Crippen LogP contribution >= 0.6 is 15.9 Å². The highest BCUT2D eigenvalue weighted by Gasteiger charge is 2.30. The van der Waals surface area contributed by atoms with Crippen molar-refractivity contribution in [3.63, 3.8) is 0 Å². The van der Waals surface area contributed by atoms with Crippen molar-refractivity contribution in [2.75, 3.05) is 5.32 Å². The molecule has 5 nitrogen and oxygen atoms in total. The lowest BCUT2D eigenvalue weighted by Crippen LogP contribution is -2.42. The minimum atomic E-state index is -1.07. The summed E-state index contributed by atoms with van der Waals surface area (Å²) >= 11 is 3.40. The molecule has 1 N–H and O–H groups in total. The second-order valence-corrected chi connectivity index (χ2v) is 9.16. The summed E-state index contributed by atoms with van der Waals surface area (Å²) in [6, 6.07) is 27.0. The molecular weight excluding hydrogens is 480 g/mol. The molecule has 0 aliphatic heterocycles. The van der Waals surface area contributed by atoms with Crippen molar-refractivity contribution in [3.05, 3.63) is 89.4 Å². The van der Waals surface area contributed by atoms with E-state index in [1.807, 2.05) is 54.6 Å². The molecule has 0 fully saturated rings. The summed E-state index contributed by atoms with van der Waals surface area (Å²) in [5, 5.41) is 5.13. The van der Waals surface area contributed by atoms with E-state index in [4.69, 9.17) is 9.15 Å². The number of aromatic nitrogens is 1. The molecule has 0 unspecified atom stereocenters. The van der Waals surface area contributed by atoms with Crippen LogP contribution < -0.4 is 10.1 Å². The lowest BCUT2D eigenvalue weighted by Gasteiger charge is -2.25. The zero-order valence-corrected chi connectivity index (χ0v) is 19.7. The molecule has 1 aromatic heterocycles. The highest BCUT2D eigenvalue weighted by Crippen LogP contribution is 2.31. The topological polar surface area (TPSA) is 64.4 Å². The second kappa shape index (κ2) is 8.37. The van der Waals surface area contributed by atoms with Crippen LogP contribution in [-0.4, -0.2) is 16.5 Å². The Morgan fingerprint density at radius 1 is 0.970 bits per heavy atom. The van der Waals surface area contributed by atoms with Crippen molar-refractivity contribution in [1.82, 2.24) is 4.98 Å². The SMILES string of the molecule is CC(C)(Oc1ccc(Br)cc1)C(=O)Nc1ccc2oc(-c3cccc4ccccc34)nc2c1. The molecule has 164 valence electrons. The fraction of sp³-hybridized carbons (Fsp3) is 0.111. The van der Waals surface area contributed by atoms with Gasteiger partial charge in [0.25, 0.3) is 5.91 Å². The van der Waals surface area contributed by atoms with Gasteiger partial charge in [-0.05, 0) is 73.2 Å². The van der Waals surface area contributed by atoms with Gasteiger partial charge in [0.1, 0.15) is 11.3 Å². The molecule has 0 saturated heterocycles. The Labute approximate surface area is 199 Å². The van der Waals surface area contributed by atoms with E-state index in [1.54, 1.807) is 26.0 Å². The highest BCUT2D eigenvalue weighted by atomic mass is 79.9. The first-order valence-corrected chi connectivity index (χ1v) is 11.3. The van der Waals surface area contributed by atoms with Crippen LogP contribution in [0.25, 0.3) is 33.3 Å². The van der Waals surface area contributed by atoms with Crippen LogP contribution in [-0.2, 0) is 4.79 Å². The van der Waals surface area contributed by atoms with Gasteiger partial charge in [-0.3, -0.25) is 4.79 Å². The van der Waals surface area contributed by atoms with E-state index in [2.05, 4.69) is 44.4 Å². The molecule has 0 spiro atoms. The lowest BCUT2D eigenvalue weighted by molar-refractivity contribution is -0.128. The fourth-order valence-electron chi connectivity index (χ4n) is 3.66. The summed E-state index contributed by atoms with van der Waals surface area (Å²) in [7, 11) is 0. The molecule has 1 amide bonds. The van der Waals surface area contributed by atoms with Gasteiger partial charge in [0, 0.05) is 15.7 Å². The van der Waals surface area contributed by atoms with Crippen LogP contribution in [0.3, 0.4) is 0 Å². The molecule has 33 heavy (non-hydrogen) atoms. The zero-order valence-electron chi connectivity index (χ0n) is 18.1. The average molecular weight is 501 g/mol. The van der Waals surface area contributed by atoms with Crippen LogP contribution in [0.1, 0.15) is 13.8 Å². The van der Waals surface area contributed by atoms with Crippen LogP contribution in [0.5, 0.6) is 5.75 Å². The van der Waals surface area contributed by atoms with Gasteiger partial charge in [0.05, 0.1) is 0 Å². The van der Waals surface area contributed by atoms with Gasteiger partial charge < -0.3 is 14.5 Å². The van der Waals surface area contributed by atoms with E-state index < -0.39 is 5.60 Å². The fourth-order valence-corrected chi connectivity index (χ4v) is 3.92. The van der Waals surface area contributed by atoms with Gasteiger partial charge in [0.15, 0.2) is 11.2 Å². The lowest BCUT2D eigenvalue weighted by atomic mass is 10.0. The number of benzene rings is 4. The zero-order chi connectivity index (χ0) is 23.0. The molecule has 4 aromatic carbocycles. The first-order valence-electron chi connectivity index (χ1n) is 10.5. The Morgan fingerprint density at radius 2 is 1.73 bits per heavy atom. The molecule has 0 saturated carbocycles. The number of nitrogens with one attached hydrogen (secondary N) is 1. The maximum absolute atomic E-state index is 12.9. The molecule has 0 aliphatic carbocycles. The third-order valence-corrected chi connectivity index (χ3v) is 5.93. The Kier molecular flexibility index (Phi) is 5.38. The average Bonchev–Trinajstić information content (AvgIpc) is 3.23. The normalized spacial score (nSPS) is 11.6. The van der Waals surface area contributed by atoms with Gasteiger partial charge >= 0.3 is 0 Å². The molecule has 0 aliphatic rings. The number of amides is 1. The van der Waals surface area contributed by atoms with Crippen LogP contribution in [0.15, 0.2) is 93.8 Å². The van der Waals surface area contributed by atoms with E-state index in [-0.39, 0.29) is 5.91 Å². The highest BCUT2D eigenvalue weighted by molar-refractivity contribution is 9.10. The number of hydrogen-bond donors (Lipinski definition) is 1. The monoisotopic (exact) mass is 500 g/mol. The molecule has 0 bridgehead atoms. The Hall–Kier alpha value is -3.64. The van der Waals surface area contributed by atoms with Crippen molar-refractivity contribution >= 4 is 49.4 Å². The Bertz CT molecular complexity index is 1470. The quantitative estimate of drug-likeness (QED) is 0.277. The van der Waals surface area contributed by atoms with E-state index in [9.17, 15) is 4.79 Å². The van der Waals surface area contributed by atoms with Crippen molar-refractivity contribution in [2.45, 2.75) is 19.4 Å². The number of halogens is 1. The third-order valence-electron chi connectivity index (χ3n) is 5.40. The van der Waals surface area contributed by atoms with E-state index in [0.29, 0.717) is 28.4 Å². The number of carbonyl (C=O) groups excluding carboxylic acids is 1. The molecule has 5 aromatic rings. The van der Waals surface area contributed by atoms with Crippen molar-refractivity contribution in [1.29, 1.82) is 0 Å². The predicted molar refractivity (Wildman–Crippen MR) is 134 cm³/mol. The van der Waals surface area contributed by atoms with Crippen molar-refractivity contribution < 1.29 is 13.9 Å². The number of ether oxygens (including phenoxy) is 1. The maximum atomic E-state index is 12.9. The van der Waals surface area contributed by atoms with Crippen LogP contribution in [0.4, 0.5) is 5.69 Å². The summed E-state index contributed by atoms with van der Waals surface area (Å²) in [6.45, 7) is 3.47. The number of hydrogen-bond acceptors (Lipinski definition) is 4. The molecule has 6 heteroatoms. The van der Waals surface area contributed by atoms with E-state index >= 15 is 0 Å². The smallest absolute Gasteiger partial charge is 0.267 e. The standard InChI is InChI=1S/C27H21BrN2O3/c1-27(2,33-20-13-10-18(28)11-14-20)26(31)29-19-12-15-24-23(16-19)30-25(32-24)22-9-5-7-17-6-3-4-8-21(17)22/h3-16H,1-2H3,(H,29,31). The molecular formula is C27H21BrN2O3. The van der Waals surface area contributed by atoms with Gasteiger partial charge in [-0.2, -0.15) is 0 Å². The number of carbonyl (C=O) groups is 1. The molecule has 1 heterocycles. The summed E-state index contributed by atoms with van der Waals surface area (Å²) < 4.78 is 12.9. The van der Waals surface area contributed by atoms with E-state index in [0.717, 1.165) is 20.8 Å². The largest absolute Gasteiger partial charge is 0.478 e. The Balaban J connectivity index is 1.39. The molecule has 0 atom stereocenters. The van der Waals surface area contributed by atoms with Gasteiger partial charge in [-0.1, -0.05) is 52.3 Å². The number of oxazole rings is 1. The van der Waals surface area contributed by atoms with Crippen LogP contribution in [0.2, 0.25) is 0 Å². The summed E-state index contributed by atoms with van der Waals surface area (Å²) in [6.07, 6.45) is 0. The summed E-state index contributed by atoms with van der Waals surface area (Å²) in [5.41, 5.74) is 1.81. The molecule has 5 rings (SSSR count). The third kappa shape index (κ3) is 4.34. The number of anilines is 1. The van der Waals surface area contributed by atoms with Gasteiger partial charge in [-0.15, -0.1) is 0 Å². The number of fused-ring (bicyclic) bond motifs is 2. The summed E-state index contributed by atoms with van der Waals surface area (Å²) in [4.78, 5) is 17.6. The summed E-state index contributed by atoms with van der Waals surface area (Å²) in [5.74, 6) is 0.900. The van der Waals surface area contributed by atoms with Crippen molar-refractivity contribution in [2.24, 2.45) is 0 Å². The predicted octanol–water partition coefficient (Wildman–Crippen LogP) is 7.21. The van der Waals surface area contributed by atoms with Crippen LogP contribution in [0, 0.1) is 0 Å². The first kappa shape index (κ1) is 21.2. The maximum Gasteiger partial charge on any atom is 0.267 e. The second-order valence-electron chi connectivity index (χ2n) is 8.25. The van der Waals surface area contributed by atoms with Gasteiger partial charge in [-0.25, -0.2) is 4.98 Å². The van der Waals surface area contributed by atoms with E-state index in [1.165, 1.54) is 0 Å². The number of rotatable bonds is 5. The number of nitrogens with zero attached hydrogens (tertiary/aromatic N) is 1. The Morgan fingerprint density at radius 3 is 2.55 bits per heavy atom. The molecule has 0 radical (unpaired) electrons. The minimum Gasteiger partial charge on any atom is -0.478 e. The van der Waals surface area contributed by atoms with Gasteiger partial charge in [0.2, 0.25) is 5.89 Å².